The van der Waals surface area contributed by atoms with Crippen LogP contribution >= 0.6 is 0 Å². The largest absolute Gasteiger partial charge is 0.423 e. The van der Waals surface area contributed by atoms with Crippen LogP contribution in [0.3, 0.4) is 0 Å². The highest BCUT2D eigenvalue weighted by Crippen LogP contribution is 1.98. The smallest absolute Gasteiger partial charge is 0.333 e. The fraction of sp³-hybridized carbons (Fsp3) is 0.636. The fourth-order valence-corrected chi connectivity index (χ4v) is 0.919. The molecule has 0 amide bonds. The minimum absolute atomic E-state index is 0.0625. The van der Waals surface area contributed by atoms with E-state index in [0.29, 0.717) is 0 Å². The lowest BCUT2D eigenvalue weighted by Crippen LogP contribution is -2.28. The van der Waals surface area contributed by atoms with E-state index < -0.39 is 18.2 Å². The van der Waals surface area contributed by atoms with Crippen molar-refractivity contribution in [1.82, 2.24) is 0 Å². The topological polar surface area (TPSA) is 91.3 Å². The second-order valence-corrected chi connectivity index (χ2v) is 3.09. The highest BCUT2D eigenvalue weighted by atomic mass is 16.7. The predicted molar refractivity (Wildman–Crippen MR) is 60.6 cm³/mol. The minimum atomic E-state index is -1.11. The van der Waals surface area contributed by atoms with Gasteiger partial charge in [0.15, 0.2) is 0 Å². The van der Waals surface area contributed by atoms with Crippen molar-refractivity contribution in [2.24, 2.45) is 0 Å². The van der Waals surface area contributed by atoms with Crippen LogP contribution in [0, 0.1) is 0 Å². The number of hydrogen-bond donors (Lipinski definition) is 1. The Bertz CT molecular complexity index is 264. The van der Waals surface area contributed by atoms with Crippen LogP contribution in [0.5, 0.6) is 0 Å². The van der Waals surface area contributed by atoms with E-state index in [2.05, 4.69) is 6.58 Å². The van der Waals surface area contributed by atoms with Crippen molar-refractivity contribution in [3.8, 4) is 0 Å². The summed E-state index contributed by atoms with van der Waals surface area (Å²) in [6.07, 6.45) is -0.147. The van der Waals surface area contributed by atoms with Gasteiger partial charge in [-0.1, -0.05) is 6.58 Å². The molecule has 0 radical (unpaired) electrons. The molecule has 0 aromatic heterocycles. The van der Waals surface area contributed by atoms with Gasteiger partial charge in [-0.05, 0) is 0 Å². The Morgan fingerprint density at radius 2 is 1.89 bits per heavy atom. The Hall–Kier alpha value is -1.44. The molecule has 0 aromatic carbocycles. The monoisotopic (exact) mass is 262 g/mol. The maximum absolute atomic E-state index is 10.9. The van der Waals surface area contributed by atoms with E-state index in [1.165, 1.54) is 6.92 Å². The molecule has 104 valence electrons. The molecule has 0 aliphatic rings. The van der Waals surface area contributed by atoms with Crippen molar-refractivity contribution >= 4 is 11.9 Å². The maximum Gasteiger partial charge on any atom is 0.333 e. The summed E-state index contributed by atoms with van der Waals surface area (Å²) in [6.45, 7) is 4.99. The predicted octanol–water partition coefficient (Wildman–Crippen LogP) is -0.370. The summed E-state index contributed by atoms with van der Waals surface area (Å²) in [4.78, 5) is 21.7. The van der Waals surface area contributed by atoms with Crippen LogP contribution in [0.4, 0.5) is 0 Å². The zero-order valence-corrected chi connectivity index (χ0v) is 10.3. The summed E-state index contributed by atoms with van der Waals surface area (Å²) < 4.78 is 19.5. The number of ether oxygens (including phenoxy) is 4. The molecule has 0 saturated carbocycles. The van der Waals surface area contributed by atoms with Crippen molar-refractivity contribution in [2.75, 3.05) is 33.0 Å². The summed E-state index contributed by atoms with van der Waals surface area (Å²) in [5.74, 6) is -1.29. The van der Waals surface area contributed by atoms with Gasteiger partial charge in [0.25, 0.3) is 6.29 Å². The average Bonchev–Trinajstić information content (AvgIpc) is 2.32. The number of aliphatic hydroxyl groups is 1. The first-order valence-corrected chi connectivity index (χ1v) is 5.36. The van der Waals surface area contributed by atoms with E-state index in [-0.39, 0.29) is 33.0 Å². The van der Waals surface area contributed by atoms with E-state index in [1.807, 2.05) is 0 Å². The maximum atomic E-state index is 10.9. The molecular formula is C11H18O7. The van der Waals surface area contributed by atoms with Gasteiger partial charge >= 0.3 is 11.9 Å². The molecule has 0 spiro atoms. The molecular weight excluding hydrogens is 244 g/mol. The first kappa shape index (κ1) is 16.6. The zero-order valence-electron chi connectivity index (χ0n) is 10.3. The second kappa shape index (κ2) is 10.7. The first-order chi connectivity index (χ1) is 8.60. The Balaban J connectivity index is 3.82. The van der Waals surface area contributed by atoms with E-state index >= 15 is 0 Å². The van der Waals surface area contributed by atoms with Crippen LogP contribution < -0.4 is 0 Å². The van der Waals surface area contributed by atoms with Crippen LogP contribution in [-0.2, 0) is 28.5 Å². The van der Waals surface area contributed by atoms with Gasteiger partial charge in [0.2, 0.25) is 0 Å². The molecule has 0 saturated heterocycles. The van der Waals surface area contributed by atoms with Gasteiger partial charge in [0.05, 0.1) is 26.4 Å². The SMILES string of the molecule is C=CC(=O)OC(COCCOCCO)OC(C)=O. The van der Waals surface area contributed by atoms with E-state index in [9.17, 15) is 9.59 Å². The lowest BCUT2D eigenvalue weighted by Gasteiger charge is -2.16. The van der Waals surface area contributed by atoms with Gasteiger partial charge in [0, 0.05) is 13.0 Å². The number of esters is 2. The van der Waals surface area contributed by atoms with Crippen molar-refractivity contribution in [3.63, 3.8) is 0 Å². The number of hydrogen-bond acceptors (Lipinski definition) is 7. The number of carbonyl (C=O) groups is 2. The summed E-state index contributed by atoms with van der Waals surface area (Å²) in [5.41, 5.74) is 0. The van der Waals surface area contributed by atoms with Gasteiger partial charge in [-0.3, -0.25) is 4.79 Å². The van der Waals surface area contributed by atoms with Gasteiger partial charge < -0.3 is 24.1 Å². The molecule has 0 aliphatic carbocycles. The first-order valence-electron chi connectivity index (χ1n) is 5.36. The van der Waals surface area contributed by atoms with Gasteiger partial charge in [0.1, 0.15) is 6.61 Å². The molecule has 18 heavy (non-hydrogen) atoms. The van der Waals surface area contributed by atoms with Gasteiger partial charge in [-0.15, -0.1) is 0 Å². The van der Waals surface area contributed by atoms with Crippen LogP contribution in [0.2, 0.25) is 0 Å². The quantitative estimate of drug-likeness (QED) is 0.248. The van der Waals surface area contributed by atoms with Crippen LogP contribution in [-0.4, -0.2) is 56.4 Å². The molecule has 0 fully saturated rings. The van der Waals surface area contributed by atoms with Gasteiger partial charge in [-0.25, -0.2) is 4.79 Å². The zero-order chi connectivity index (χ0) is 13.8. The average molecular weight is 262 g/mol. The summed E-state index contributed by atoms with van der Waals surface area (Å²) in [6, 6.07) is 0. The van der Waals surface area contributed by atoms with Crippen LogP contribution in [0.15, 0.2) is 12.7 Å². The Morgan fingerprint density at radius 1 is 1.22 bits per heavy atom. The van der Waals surface area contributed by atoms with Crippen molar-refractivity contribution in [1.29, 1.82) is 0 Å². The third-order valence-corrected chi connectivity index (χ3v) is 1.57. The van der Waals surface area contributed by atoms with Crippen LogP contribution in [0.25, 0.3) is 0 Å². The van der Waals surface area contributed by atoms with Crippen molar-refractivity contribution < 1.29 is 33.6 Å². The van der Waals surface area contributed by atoms with Crippen molar-refractivity contribution in [2.45, 2.75) is 13.2 Å². The van der Waals surface area contributed by atoms with E-state index in [1.54, 1.807) is 0 Å². The molecule has 1 unspecified atom stereocenters. The Labute approximate surface area is 105 Å². The molecule has 7 nitrogen and oxygen atoms in total. The Morgan fingerprint density at radius 3 is 2.44 bits per heavy atom. The highest BCUT2D eigenvalue weighted by molar-refractivity contribution is 5.81. The molecule has 1 atom stereocenters. The molecule has 7 heteroatoms. The number of carbonyl (C=O) groups excluding carboxylic acids is 2. The summed E-state index contributed by atoms with van der Waals surface area (Å²) in [7, 11) is 0. The van der Waals surface area contributed by atoms with Crippen molar-refractivity contribution in [3.05, 3.63) is 12.7 Å². The molecule has 0 heterocycles. The highest BCUT2D eigenvalue weighted by Gasteiger charge is 2.15. The molecule has 0 aromatic rings. The Kier molecular flexibility index (Phi) is 9.84. The molecule has 0 bridgehead atoms. The summed E-state index contributed by atoms with van der Waals surface area (Å²) in [5, 5.41) is 8.45. The molecule has 0 aliphatic heterocycles. The lowest BCUT2D eigenvalue weighted by molar-refractivity contribution is -0.193. The molecule has 1 N–H and O–H groups in total. The number of rotatable bonds is 10. The van der Waals surface area contributed by atoms with Crippen LogP contribution in [0.1, 0.15) is 6.92 Å². The van der Waals surface area contributed by atoms with E-state index in [4.69, 9.17) is 24.1 Å². The number of aliphatic hydroxyl groups excluding tert-OH is 1. The third-order valence-electron chi connectivity index (χ3n) is 1.57. The fourth-order valence-electron chi connectivity index (χ4n) is 0.919. The lowest BCUT2D eigenvalue weighted by atomic mass is 10.6. The normalized spacial score (nSPS) is 11.7. The summed E-state index contributed by atoms with van der Waals surface area (Å²) >= 11 is 0. The molecule has 0 rings (SSSR count). The van der Waals surface area contributed by atoms with Gasteiger partial charge in [-0.2, -0.15) is 0 Å². The minimum Gasteiger partial charge on any atom is -0.423 e. The van der Waals surface area contributed by atoms with E-state index in [0.717, 1.165) is 6.08 Å². The standard InChI is InChI=1S/C11H18O7/c1-3-10(14)18-11(17-9(2)13)8-16-7-6-15-5-4-12/h3,11-12H,1,4-8H2,2H3. The second-order valence-electron chi connectivity index (χ2n) is 3.09. The third kappa shape index (κ3) is 9.76.